The third-order valence-electron chi connectivity index (χ3n) is 3.27. The van der Waals surface area contributed by atoms with E-state index in [1.807, 2.05) is 51.4 Å². The molecule has 0 unspecified atom stereocenters. The van der Waals surface area contributed by atoms with Crippen LogP contribution in [-0.2, 0) is 0 Å². The smallest absolute Gasteiger partial charge is 0.335 e. The number of aryl methyl sites for hydroxylation is 2. The molecule has 0 aliphatic rings. The van der Waals surface area contributed by atoms with Gasteiger partial charge in [0.1, 0.15) is 0 Å². The lowest BCUT2D eigenvalue weighted by molar-refractivity contribution is 0.0695. The molecule has 0 saturated carbocycles. The lowest BCUT2D eigenvalue weighted by Crippen LogP contribution is -2.22. The van der Waals surface area contributed by atoms with Gasteiger partial charge in [0.25, 0.3) is 5.91 Å². The minimum Gasteiger partial charge on any atom is -0.478 e. The molecule has 1 amide bonds. The molecule has 7 heteroatoms. The topological polar surface area (TPSA) is 69.6 Å². The summed E-state index contributed by atoms with van der Waals surface area (Å²) in [6.45, 7) is 3.74. The van der Waals surface area contributed by atoms with E-state index in [2.05, 4.69) is 50.5 Å². The largest absolute Gasteiger partial charge is 0.478 e. The van der Waals surface area contributed by atoms with Crippen molar-refractivity contribution in [3.8, 4) is 0 Å². The fourth-order valence-electron chi connectivity index (χ4n) is 1.89. The van der Waals surface area contributed by atoms with E-state index in [1.165, 1.54) is 0 Å². The van der Waals surface area contributed by atoms with Crippen molar-refractivity contribution in [2.75, 3.05) is 28.2 Å². The summed E-state index contributed by atoms with van der Waals surface area (Å²) in [4.78, 5) is 23.8. The van der Waals surface area contributed by atoms with Crippen molar-refractivity contribution >= 4 is 57.1 Å². The second-order valence-corrected chi connectivity index (χ2v) is 8.41. The maximum absolute atomic E-state index is 11.6. The molecule has 0 fully saturated rings. The number of carboxylic acid groups (broad SMARTS) is 1. The first-order chi connectivity index (χ1) is 12.5. The van der Waals surface area contributed by atoms with E-state index < -0.39 is 5.97 Å². The highest BCUT2D eigenvalue weighted by atomic mass is 127. The van der Waals surface area contributed by atoms with Gasteiger partial charge in [0, 0.05) is 26.8 Å². The van der Waals surface area contributed by atoms with E-state index in [9.17, 15) is 9.59 Å². The molecule has 2 aromatic rings. The summed E-state index contributed by atoms with van der Waals surface area (Å²) in [6, 6.07) is 11.3. The first kappa shape index (κ1) is 36.2. The number of benzene rings is 2. The average Bonchev–Trinajstić information content (AvgIpc) is 2.59. The zero-order valence-electron chi connectivity index (χ0n) is 16.4. The van der Waals surface area contributed by atoms with Crippen molar-refractivity contribution in [3.05, 3.63) is 65.8 Å². The Morgan fingerprint density at radius 3 is 1.47 bits per heavy atom. The van der Waals surface area contributed by atoms with Crippen LogP contribution in [-0.4, -0.2) is 50.1 Å². The van der Waals surface area contributed by atoms with E-state index in [0.29, 0.717) is 5.56 Å². The molecule has 0 aromatic heterocycles. The van der Waals surface area contributed by atoms with Crippen molar-refractivity contribution in [2.24, 2.45) is 0 Å². The van der Waals surface area contributed by atoms with Crippen LogP contribution in [0.25, 0.3) is 0 Å². The van der Waals surface area contributed by atoms with E-state index in [4.69, 9.17) is 5.11 Å². The highest BCUT2D eigenvalue weighted by Crippen LogP contribution is 2.14. The Balaban J connectivity index is -0.000000184. The maximum Gasteiger partial charge on any atom is 0.335 e. The van der Waals surface area contributed by atoms with Crippen molar-refractivity contribution in [3.63, 3.8) is 0 Å². The van der Waals surface area contributed by atoms with Crippen LogP contribution in [0.5, 0.6) is 0 Å². The molecule has 0 atom stereocenters. The Bertz CT molecular complexity index is 779. The van der Waals surface area contributed by atoms with E-state index in [1.54, 1.807) is 32.0 Å². The third kappa shape index (κ3) is 13.2. The number of nitrogens with zero attached hydrogens (tertiary/aromatic N) is 1. The predicted octanol–water partition coefficient (Wildman–Crippen LogP) is 6.34. The summed E-state index contributed by atoms with van der Waals surface area (Å²) in [5, 5.41) is 11.4. The van der Waals surface area contributed by atoms with Crippen LogP contribution in [0, 0.1) is 21.0 Å². The Morgan fingerprint density at radius 1 is 0.833 bits per heavy atom. The molecule has 2 rings (SSSR count). The number of carbonyl (C=O) groups excluding carboxylic acids is 1. The summed E-state index contributed by atoms with van der Waals surface area (Å²) in [7, 11) is 7.28. The van der Waals surface area contributed by atoms with Crippen LogP contribution in [0.1, 0.15) is 54.1 Å². The van der Waals surface area contributed by atoms with Gasteiger partial charge in [-0.1, -0.05) is 34.4 Å². The fourth-order valence-corrected chi connectivity index (χ4v) is 2.87. The predicted molar refractivity (Wildman–Crippen MR) is 148 cm³/mol. The number of amides is 1. The summed E-state index contributed by atoms with van der Waals surface area (Å²) in [6.07, 6.45) is 0. The molecular weight excluding hydrogens is 606 g/mol. The minimum atomic E-state index is -0.860. The van der Waals surface area contributed by atoms with E-state index in [0.717, 1.165) is 23.8 Å². The number of halogens is 2. The third-order valence-corrected chi connectivity index (χ3v) is 4.61. The van der Waals surface area contributed by atoms with Gasteiger partial charge in [0.15, 0.2) is 0 Å². The summed E-state index contributed by atoms with van der Waals surface area (Å²) in [5.41, 5.74) is 3.01. The molecule has 0 heterocycles. The number of nitrogens with one attached hydrogen (secondary N) is 1. The minimum absolute atomic E-state index is 0. The molecule has 0 radical (unpaired) electrons. The second-order valence-electron chi connectivity index (χ2n) is 5.92. The highest BCUT2D eigenvalue weighted by Gasteiger charge is 2.10. The second kappa shape index (κ2) is 18.6. The summed E-state index contributed by atoms with van der Waals surface area (Å²) in [5.74, 6) is -0.794. The maximum atomic E-state index is 11.6. The van der Waals surface area contributed by atoms with Gasteiger partial charge < -0.3 is 15.3 Å². The summed E-state index contributed by atoms with van der Waals surface area (Å²) < 4.78 is 2.04. The lowest BCUT2D eigenvalue weighted by atomic mass is 10.1. The first-order valence-electron chi connectivity index (χ1n) is 8.10. The zero-order chi connectivity index (χ0) is 21.1. The molecule has 0 bridgehead atoms. The van der Waals surface area contributed by atoms with E-state index >= 15 is 0 Å². The first-order valence-corrected chi connectivity index (χ1v) is 10.3. The van der Waals surface area contributed by atoms with Crippen LogP contribution in [0.2, 0.25) is 0 Å². The number of carboxylic acids is 1. The van der Waals surface area contributed by atoms with Crippen LogP contribution in [0.15, 0.2) is 36.4 Å². The zero-order valence-corrected chi connectivity index (χ0v) is 20.7. The Labute approximate surface area is 210 Å². The molecule has 0 aliphatic heterocycles. The number of rotatable bonds is 2. The molecule has 0 spiro atoms. The van der Waals surface area contributed by atoms with Gasteiger partial charge in [-0.2, -0.15) is 0 Å². The molecule has 2 N–H and O–H groups in total. The Hall–Kier alpha value is -1.20. The van der Waals surface area contributed by atoms with Gasteiger partial charge in [-0.25, -0.2) is 4.79 Å². The lowest BCUT2D eigenvalue weighted by Gasteiger charge is -2.12. The normalized spacial score (nSPS) is 8.40. The average molecular weight is 644 g/mol. The number of aromatic carboxylic acids is 1. The standard InChI is InChI=1S/C10H12INO.C8H7IO2.C2H7N.3CH4/c1-7-4-5-8(11)6-9(7)10(13)12(2)3;1-5-2-3-6(9)4-7(5)8(10)11;1-3-2;;;/h4-6H,1-3H3;2-4H,1H3,(H,10,11);3H,1-2H3;3*1H4. The van der Waals surface area contributed by atoms with Crippen LogP contribution < -0.4 is 5.32 Å². The number of hydrogen-bond acceptors (Lipinski definition) is 3. The van der Waals surface area contributed by atoms with Gasteiger partial charge in [0.05, 0.1) is 5.56 Å². The molecule has 2 aromatic carbocycles. The Morgan fingerprint density at radius 2 is 1.17 bits per heavy atom. The molecule has 30 heavy (non-hydrogen) atoms. The summed E-state index contributed by atoms with van der Waals surface area (Å²) >= 11 is 4.30. The van der Waals surface area contributed by atoms with Crippen LogP contribution >= 0.6 is 45.2 Å². The molecule has 5 nitrogen and oxygen atoms in total. The van der Waals surface area contributed by atoms with Crippen molar-refractivity contribution in [2.45, 2.75) is 36.1 Å². The monoisotopic (exact) mass is 644 g/mol. The fraction of sp³-hybridized carbons (Fsp3) is 0.391. The van der Waals surface area contributed by atoms with Gasteiger partial charge in [-0.15, -0.1) is 0 Å². The quantitative estimate of drug-likeness (QED) is 0.375. The van der Waals surface area contributed by atoms with Gasteiger partial charge in [0.2, 0.25) is 0 Å². The number of carbonyl (C=O) groups is 2. The molecule has 172 valence electrons. The van der Waals surface area contributed by atoms with Crippen molar-refractivity contribution in [1.82, 2.24) is 10.2 Å². The van der Waals surface area contributed by atoms with Crippen LogP contribution in [0.4, 0.5) is 0 Å². The van der Waals surface area contributed by atoms with Gasteiger partial charge in [-0.3, -0.25) is 4.79 Å². The van der Waals surface area contributed by atoms with Crippen LogP contribution in [0.3, 0.4) is 0 Å². The van der Waals surface area contributed by atoms with E-state index in [-0.39, 0.29) is 28.2 Å². The molecule has 0 aliphatic carbocycles. The molecular formula is C23H38I2N2O3. The van der Waals surface area contributed by atoms with Gasteiger partial charge in [-0.05, 0) is 109 Å². The van der Waals surface area contributed by atoms with Crippen molar-refractivity contribution < 1.29 is 14.7 Å². The molecule has 0 saturated heterocycles. The SMILES string of the molecule is C.C.C.CNC.Cc1ccc(I)cc1C(=O)N(C)C.Cc1ccc(I)cc1C(=O)O. The highest BCUT2D eigenvalue weighted by molar-refractivity contribution is 14.1. The Kier molecular flexibility index (Phi) is 22.4. The van der Waals surface area contributed by atoms with Gasteiger partial charge >= 0.3 is 5.97 Å². The van der Waals surface area contributed by atoms with Crippen molar-refractivity contribution in [1.29, 1.82) is 0 Å². The number of hydrogen-bond donors (Lipinski definition) is 2.